The third-order valence-electron chi connectivity index (χ3n) is 3.62. The minimum absolute atomic E-state index is 0.111. The van der Waals surface area contributed by atoms with Gasteiger partial charge in [0.05, 0.1) is 12.6 Å². The van der Waals surface area contributed by atoms with Crippen molar-refractivity contribution in [2.75, 3.05) is 12.3 Å². The normalized spacial score (nSPS) is 13.7. The predicted molar refractivity (Wildman–Crippen MR) is 102 cm³/mol. The zero-order valence-electron chi connectivity index (χ0n) is 14.8. The lowest BCUT2D eigenvalue weighted by atomic mass is 10.1. The molecule has 0 saturated carbocycles. The number of carbonyl (C=O) groups excluding carboxylic acids is 3. The number of carboxylic acids is 1. The van der Waals surface area contributed by atoms with Gasteiger partial charge >= 0.3 is 5.97 Å². The highest BCUT2D eigenvalue weighted by atomic mass is 32.1. The first-order valence-electron chi connectivity index (χ1n) is 8.25. The van der Waals surface area contributed by atoms with Gasteiger partial charge in [-0.25, -0.2) is 4.79 Å². The lowest BCUT2D eigenvalue weighted by Crippen LogP contribution is -2.53. The molecule has 148 valence electrons. The van der Waals surface area contributed by atoms with Crippen LogP contribution in [0.15, 0.2) is 30.3 Å². The summed E-state index contributed by atoms with van der Waals surface area (Å²) in [7, 11) is 0. The molecule has 6 N–H and O–H groups in total. The van der Waals surface area contributed by atoms with Gasteiger partial charge in [-0.3, -0.25) is 14.4 Å². The Kier molecular flexibility index (Phi) is 9.31. The van der Waals surface area contributed by atoms with Crippen LogP contribution in [0.1, 0.15) is 12.5 Å². The largest absolute Gasteiger partial charge is 0.480 e. The molecule has 0 spiro atoms. The standard InChI is InChI=1S/C17H24N4O5S/c1-10(20-14(22)8-19-16(24)12(18)9-27)15(23)21-13(17(25)26)7-11-5-3-2-4-6-11/h2-6,10,12-13,27H,7-9,18H2,1H3,(H,19,24)(H,20,22)(H,21,23)(H,25,26). The van der Waals surface area contributed by atoms with E-state index in [4.69, 9.17) is 5.73 Å². The van der Waals surface area contributed by atoms with Crippen molar-refractivity contribution in [2.24, 2.45) is 5.73 Å². The highest BCUT2D eigenvalue weighted by Crippen LogP contribution is 2.04. The van der Waals surface area contributed by atoms with Crippen molar-refractivity contribution in [2.45, 2.75) is 31.5 Å². The zero-order chi connectivity index (χ0) is 20.4. The van der Waals surface area contributed by atoms with Crippen LogP contribution in [0, 0.1) is 0 Å². The summed E-state index contributed by atoms with van der Waals surface area (Å²) < 4.78 is 0. The minimum Gasteiger partial charge on any atom is -0.480 e. The van der Waals surface area contributed by atoms with Crippen molar-refractivity contribution >= 4 is 36.3 Å². The molecule has 0 saturated heterocycles. The minimum atomic E-state index is -1.18. The Balaban J connectivity index is 2.52. The van der Waals surface area contributed by atoms with Crippen molar-refractivity contribution < 1.29 is 24.3 Å². The first-order chi connectivity index (χ1) is 12.7. The SMILES string of the molecule is CC(NC(=O)CNC(=O)C(N)CS)C(=O)NC(Cc1ccccc1)C(=O)O. The molecule has 0 aromatic heterocycles. The maximum atomic E-state index is 12.2. The second kappa shape index (κ2) is 11.2. The fourth-order valence-electron chi connectivity index (χ4n) is 2.09. The first-order valence-corrected chi connectivity index (χ1v) is 8.88. The van der Waals surface area contributed by atoms with Gasteiger partial charge in [-0.15, -0.1) is 0 Å². The van der Waals surface area contributed by atoms with Crippen molar-refractivity contribution in [1.82, 2.24) is 16.0 Å². The molecule has 0 radical (unpaired) electrons. The Hall–Kier alpha value is -2.59. The van der Waals surface area contributed by atoms with Gasteiger partial charge in [0, 0.05) is 12.2 Å². The number of carbonyl (C=O) groups is 4. The Morgan fingerprint density at radius 1 is 1.11 bits per heavy atom. The number of thiol groups is 1. The van der Waals surface area contributed by atoms with Crippen LogP contribution in [-0.2, 0) is 25.6 Å². The van der Waals surface area contributed by atoms with E-state index < -0.39 is 41.8 Å². The molecule has 0 bridgehead atoms. The number of amides is 3. The fourth-order valence-corrected chi connectivity index (χ4v) is 2.25. The summed E-state index contributed by atoms with van der Waals surface area (Å²) in [6, 6.07) is 5.91. The number of carboxylic acid groups (broad SMARTS) is 1. The Morgan fingerprint density at radius 3 is 2.30 bits per heavy atom. The number of nitrogens with two attached hydrogens (primary N) is 1. The summed E-state index contributed by atoms with van der Waals surface area (Å²) >= 11 is 3.88. The maximum Gasteiger partial charge on any atom is 0.326 e. The molecule has 0 aliphatic heterocycles. The van der Waals surface area contributed by atoms with E-state index >= 15 is 0 Å². The average molecular weight is 396 g/mol. The Morgan fingerprint density at radius 2 is 1.74 bits per heavy atom. The van der Waals surface area contributed by atoms with Gasteiger partial charge in [0.1, 0.15) is 12.1 Å². The summed E-state index contributed by atoms with van der Waals surface area (Å²) in [5.41, 5.74) is 6.21. The van der Waals surface area contributed by atoms with Crippen molar-refractivity contribution in [3.05, 3.63) is 35.9 Å². The molecule has 3 amide bonds. The van der Waals surface area contributed by atoms with Gasteiger partial charge < -0.3 is 26.8 Å². The van der Waals surface area contributed by atoms with Gasteiger partial charge in [0.2, 0.25) is 17.7 Å². The molecule has 3 unspecified atom stereocenters. The Labute approximate surface area is 162 Å². The monoisotopic (exact) mass is 396 g/mol. The van der Waals surface area contributed by atoms with Gasteiger partial charge in [0.15, 0.2) is 0 Å². The van der Waals surface area contributed by atoms with Crippen LogP contribution in [0.3, 0.4) is 0 Å². The van der Waals surface area contributed by atoms with E-state index in [2.05, 4.69) is 28.6 Å². The van der Waals surface area contributed by atoms with Crippen LogP contribution in [0.25, 0.3) is 0 Å². The number of nitrogens with one attached hydrogen (secondary N) is 3. The molecule has 0 heterocycles. The molecule has 1 aromatic carbocycles. The van der Waals surface area contributed by atoms with Crippen LogP contribution >= 0.6 is 12.6 Å². The van der Waals surface area contributed by atoms with Crippen LogP contribution in [0.4, 0.5) is 0 Å². The Bertz CT molecular complexity index is 671. The second-order valence-electron chi connectivity index (χ2n) is 5.89. The van der Waals surface area contributed by atoms with Crippen molar-refractivity contribution in [3.8, 4) is 0 Å². The molecular formula is C17H24N4O5S. The van der Waals surface area contributed by atoms with E-state index in [-0.39, 0.29) is 18.7 Å². The summed E-state index contributed by atoms with van der Waals surface area (Å²) in [6.07, 6.45) is 0.111. The number of hydrogen-bond acceptors (Lipinski definition) is 6. The molecule has 10 heteroatoms. The zero-order valence-corrected chi connectivity index (χ0v) is 15.7. The molecule has 9 nitrogen and oxygen atoms in total. The van der Waals surface area contributed by atoms with Crippen LogP contribution < -0.4 is 21.7 Å². The summed E-state index contributed by atoms with van der Waals surface area (Å²) in [6.45, 7) is 1.06. The third kappa shape index (κ3) is 8.09. The molecule has 27 heavy (non-hydrogen) atoms. The first kappa shape index (κ1) is 22.5. The van der Waals surface area contributed by atoms with Crippen molar-refractivity contribution in [1.29, 1.82) is 0 Å². The molecule has 0 aliphatic carbocycles. The summed E-state index contributed by atoms with van der Waals surface area (Å²) in [4.78, 5) is 46.8. The highest BCUT2D eigenvalue weighted by molar-refractivity contribution is 7.80. The molecule has 0 fully saturated rings. The summed E-state index contributed by atoms with van der Waals surface area (Å²) in [5, 5.41) is 16.4. The number of aliphatic carboxylic acids is 1. The van der Waals surface area contributed by atoms with Gasteiger partial charge in [-0.1, -0.05) is 30.3 Å². The molecular weight excluding hydrogens is 372 g/mol. The van der Waals surface area contributed by atoms with Crippen molar-refractivity contribution in [3.63, 3.8) is 0 Å². The van der Waals surface area contributed by atoms with Crippen LogP contribution in [-0.4, -0.2) is 59.2 Å². The van der Waals surface area contributed by atoms with Crippen LogP contribution in [0.2, 0.25) is 0 Å². The molecule has 0 aliphatic rings. The number of rotatable bonds is 10. The molecule has 1 aromatic rings. The van der Waals surface area contributed by atoms with E-state index in [1.54, 1.807) is 30.3 Å². The average Bonchev–Trinajstić information content (AvgIpc) is 2.65. The van der Waals surface area contributed by atoms with Crippen LogP contribution in [0.5, 0.6) is 0 Å². The van der Waals surface area contributed by atoms with E-state index in [1.807, 2.05) is 0 Å². The second-order valence-corrected chi connectivity index (χ2v) is 6.25. The smallest absolute Gasteiger partial charge is 0.326 e. The van der Waals surface area contributed by atoms with E-state index in [0.717, 1.165) is 5.56 Å². The van der Waals surface area contributed by atoms with E-state index in [0.29, 0.717) is 0 Å². The molecule has 3 atom stereocenters. The maximum absolute atomic E-state index is 12.2. The number of hydrogen-bond donors (Lipinski definition) is 6. The lowest BCUT2D eigenvalue weighted by Gasteiger charge is -2.19. The molecule has 1 rings (SSSR count). The predicted octanol–water partition coefficient (Wildman–Crippen LogP) is -1.32. The van der Waals surface area contributed by atoms with Gasteiger partial charge in [-0.2, -0.15) is 12.6 Å². The topological polar surface area (TPSA) is 151 Å². The number of benzene rings is 1. The lowest BCUT2D eigenvalue weighted by molar-refractivity contribution is -0.142. The van der Waals surface area contributed by atoms with E-state index in [9.17, 15) is 24.3 Å². The fraction of sp³-hybridized carbons (Fsp3) is 0.412. The quantitative estimate of drug-likeness (QED) is 0.270. The van der Waals surface area contributed by atoms with Gasteiger partial charge in [-0.05, 0) is 12.5 Å². The van der Waals surface area contributed by atoms with Gasteiger partial charge in [0.25, 0.3) is 0 Å². The highest BCUT2D eigenvalue weighted by Gasteiger charge is 2.24. The third-order valence-corrected chi connectivity index (χ3v) is 4.02. The van der Waals surface area contributed by atoms with E-state index in [1.165, 1.54) is 6.92 Å². The summed E-state index contributed by atoms with van der Waals surface area (Å²) in [5.74, 6) is -2.84.